The molecule has 1 aromatic carbocycles. The lowest BCUT2D eigenvalue weighted by molar-refractivity contribution is -0.125. The standard InChI is InChI=1S/C12H15ClN2O3/c1-12(2,11(14)18)6-15-10(17)7-3-4-9(16)8(13)5-7/h3-5,16H,6H2,1-2H3,(H2,14,18)(H,15,17). The van der Waals surface area contributed by atoms with Crippen LogP contribution in [0.2, 0.25) is 5.02 Å². The Morgan fingerprint density at radius 2 is 2.06 bits per heavy atom. The van der Waals surface area contributed by atoms with Crippen molar-refractivity contribution in [1.29, 1.82) is 0 Å². The summed E-state index contributed by atoms with van der Waals surface area (Å²) in [6.07, 6.45) is 0. The second kappa shape index (κ2) is 5.27. The van der Waals surface area contributed by atoms with Gasteiger partial charge in [0.05, 0.1) is 10.4 Å². The van der Waals surface area contributed by atoms with Crippen molar-refractivity contribution in [3.05, 3.63) is 28.8 Å². The third-order valence-corrected chi connectivity index (χ3v) is 2.87. The molecule has 0 saturated carbocycles. The van der Waals surface area contributed by atoms with Crippen LogP contribution in [0.3, 0.4) is 0 Å². The van der Waals surface area contributed by atoms with Gasteiger partial charge in [-0.2, -0.15) is 0 Å². The minimum Gasteiger partial charge on any atom is -0.506 e. The van der Waals surface area contributed by atoms with Gasteiger partial charge in [0, 0.05) is 12.1 Å². The first kappa shape index (κ1) is 14.3. The SMILES string of the molecule is CC(C)(CNC(=O)c1ccc(O)c(Cl)c1)C(N)=O. The molecular weight excluding hydrogens is 256 g/mol. The Balaban J connectivity index is 2.72. The third kappa shape index (κ3) is 3.37. The number of amides is 2. The second-order valence-electron chi connectivity index (χ2n) is 4.60. The van der Waals surface area contributed by atoms with Crippen molar-refractivity contribution in [2.75, 3.05) is 6.54 Å². The first-order valence-electron chi connectivity index (χ1n) is 5.30. The quantitative estimate of drug-likeness (QED) is 0.770. The number of rotatable bonds is 4. The molecule has 0 atom stereocenters. The molecule has 1 rings (SSSR count). The van der Waals surface area contributed by atoms with Crippen LogP contribution < -0.4 is 11.1 Å². The summed E-state index contributed by atoms with van der Waals surface area (Å²) in [6, 6.07) is 4.12. The van der Waals surface area contributed by atoms with E-state index >= 15 is 0 Å². The van der Waals surface area contributed by atoms with Crippen LogP contribution in [-0.2, 0) is 4.79 Å². The molecule has 5 nitrogen and oxygen atoms in total. The van der Waals surface area contributed by atoms with E-state index in [1.54, 1.807) is 13.8 Å². The highest BCUT2D eigenvalue weighted by atomic mass is 35.5. The second-order valence-corrected chi connectivity index (χ2v) is 5.00. The maximum absolute atomic E-state index is 11.8. The predicted molar refractivity (Wildman–Crippen MR) is 68.4 cm³/mol. The number of benzene rings is 1. The minimum absolute atomic E-state index is 0.0920. The first-order valence-corrected chi connectivity index (χ1v) is 5.68. The Bertz CT molecular complexity index is 486. The van der Waals surface area contributed by atoms with E-state index in [2.05, 4.69) is 5.32 Å². The number of carbonyl (C=O) groups is 2. The maximum atomic E-state index is 11.8. The normalized spacial score (nSPS) is 11.1. The molecule has 0 spiro atoms. The molecule has 6 heteroatoms. The molecule has 0 aromatic heterocycles. The summed E-state index contributed by atoms with van der Waals surface area (Å²) in [5.74, 6) is -0.969. The highest BCUT2D eigenvalue weighted by Crippen LogP contribution is 2.23. The van der Waals surface area contributed by atoms with E-state index < -0.39 is 11.3 Å². The van der Waals surface area contributed by atoms with Crippen LogP contribution in [0.5, 0.6) is 5.75 Å². The van der Waals surface area contributed by atoms with Crippen LogP contribution in [0.15, 0.2) is 18.2 Å². The van der Waals surface area contributed by atoms with Gasteiger partial charge in [-0.25, -0.2) is 0 Å². The van der Waals surface area contributed by atoms with Crippen molar-refractivity contribution in [1.82, 2.24) is 5.32 Å². The van der Waals surface area contributed by atoms with Crippen LogP contribution in [0, 0.1) is 5.41 Å². The average molecular weight is 271 g/mol. The Hall–Kier alpha value is -1.75. The summed E-state index contributed by atoms with van der Waals surface area (Å²) in [6.45, 7) is 3.40. The summed E-state index contributed by atoms with van der Waals surface area (Å²) in [5, 5.41) is 11.9. The molecule has 0 aliphatic rings. The number of hydrogen-bond donors (Lipinski definition) is 3. The molecule has 0 bridgehead atoms. The summed E-state index contributed by atoms with van der Waals surface area (Å²) in [7, 11) is 0. The summed E-state index contributed by atoms with van der Waals surface area (Å²) in [5.41, 5.74) is 4.68. The Kier molecular flexibility index (Phi) is 4.19. The number of primary amides is 1. The molecule has 1 aromatic rings. The topological polar surface area (TPSA) is 92.4 Å². The number of hydrogen-bond acceptors (Lipinski definition) is 3. The summed E-state index contributed by atoms with van der Waals surface area (Å²) >= 11 is 5.69. The van der Waals surface area contributed by atoms with Gasteiger partial charge in [0.2, 0.25) is 5.91 Å². The fourth-order valence-corrected chi connectivity index (χ4v) is 1.32. The van der Waals surface area contributed by atoms with Gasteiger partial charge >= 0.3 is 0 Å². The zero-order chi connectivity index (χ0) is 13.9. The van der Waals surface area contributed by atoms with Gasteiger partial charge in [0.15, 0.2) is 0 Å². The predicted octanol–water partition coefficient (Wildman–Crippen LogP) is 1.29. The van der Waals surface area contributed by atoms with E-state index in [4.69, 9.17) is 17.3 Å². The van der Waals surface area contributed by atoms with Gasteiger partial charge in [-0.05, 0) is 32.0 Å². The van der Waals surface area contributed by atoms with Gasteiger partial charge < -0.3 is 16.2 Å². The van der Waals surface area contributed by atoms with E-state index in [0.29, 0.717) is 5.56 Å². The van der Waals surface area contributed by atoms with Gasteiger partial charge in [-0.1, -0.05) is 11.6 Å². The van der Waals surface area contributed by atoms with Crippen molar-refractivity contribution in [3.8, 4) is 5.75 Å². The molecule has 18 heavy (non-hydrogen) atoms. The fourth-order valence-electron chi connectivity index (χ4n) is 1.14. The molecule has 0 saturated heterocycles. The zero-order valence-electron chi connectivity index (χ0n) is 10.2. The molecule has 0 heterocycles. The number of carbonyl (C=O) groups excluding carboxylic acids is 2. The molecule has 0 radical (unpaired) electrons. The molecule has 2 amide bonds. The number of phenolic OH excluding ortho intramolecular Hbond substituents is 1. The lowest BCUT2D eigenvalue weighted by atomic mass is 9.92. The Morgan fingerprint density at radius 3 is 2.56 bits per heavy atom. The van der Waals surface area contributed by atoms with Crippen LogP contribution in [0.4, 0.5) is 0 Å². The number of nitrogens with one attached hydrogen (secondary N) is 1. The van der Waals surface area contributed by atoms with Gasteiger partial charge in [0.1, 0.15) is 5.75 Å². The molecule has 98 valence electrons. The van der Waals surface area contributed by atoms with Crippen molar-refractivity contribution >= 4 is 23.4 Å². The lowest BCUT2D eigenvalue weighted by Gasteiger charge is -2.20. The van der Waals surface area contributed by atoms with Crippen LogP contribution in [0.1, 0.15) is 24.2 Å². The average Bonchev–Trinajstić information content (AvgIpc) is 2.29. The van der Waals surface area contributed by atoms with Crippen molar-refractivity contribution in [2.45, 2.75) is 13.8 Å². The van der Waals surface area contributed by atoms with Gasteiger partial charge in [-0.15, -0.1) is 0 Å². The van der Waals surface area contributed by atoms with Gasteiger partial charge in [-0.3, -0.25) is 9.59 Å². The fraction of sp³-hybridized carbons (Fsp3) is 0.333. The van der Waals surface area contributed by atoms with E-state index in [1.165, 1.54) is 18.2 Å². The maximum Gasteiger partial charge on any atom is 0.251 e. The third-order valence-electron chi connectivity index (χ3n) is 2.57. The summed E-state index contributed by atoms with van der Waals surface area (Å²) < 4.78 is 0. The molecule has 4 N–H and O–H groups in total. The Labute approximate surface area is 110 Å². The van der Waals surface area contributed by atoms with E-state index in [1.807, 2.05) is 0 Å². The highest BCUT2D eigenvalue weighted by molar-refractivity contribution is 6.32. The summed E-state index contributed by atoms with van der Waals surface area (Å²) in [4.78, 5) is 22.9. The molecule has 0 aliphatic carbocycles. The highest BCUT2D eigenvalue weighted by Gasteiger charge is 2.25. The van der Waals surface area contributed by atoms with Crippen molar-refractivity contribution in [2.24, 2.45) is 11.1 Å². The smallest absolute Gasteiger partial charge is 0.251 e. The minimum atomic E-state index is -0.823. The van der Waals surface area contributed by atoms with Crippen LogP contribution in [-0.4, -0.2) is 23.5 Å². The van der Waals surface area contributed by atoms with Crippen molar-refractivity contribution < 1.29 is 14.7 Å². The van der Waals surface area contributed by atoms with Gasteiger partial charge in [0.25, 0.3) is 5.91 Å². The molecule has 0 fully saturated rings. The largest absolute Gasteiger partial charge is 0.506 e. The number of phenols is 1. The first-order chi connectivity index (χ1) is 8.24. The van der Waals surface area contributed by atoms with E-state index in [-0.39, 0.29) is 23.2 Å². The van der Waals surface area contributed by atoms with Crippen LogP contribution in [0.25, 0.3) is 0 Å². The molecular formula is C12H15ClN2O3. The van der Waals surface area contributed by atoms with E-state index in [9.17, 15) is 14.7 Å². The Morgan fingerprint density at radius 1 is 1.44 bits per heavy atom. The van der Waals surface area contributed by atoms with Crippen LogP contribution >= 0.6 is 11.6 Å². The lowest BCUT2D eigenvalue weighted by Crippen LogP contribution is -2.42. The number of halogens is 1. The zero-order valence-corrected chi connectivity index (χ0v) is 10.9. The monoisotopic (exact) mass is 270 g/mol. The molecule has 0 unspecified atom stereocenters. The number of aromatic hydroxyl groups is 1. The number of nitrogens with two attached hydrogens (primary N) is 1. The van der Waals surface area contributed by atoms with E-state index in [0.717, 1.165) is 0 Å². The molecule has 0 aliphatic heterocycles. The van der Waals surface area contributed by atoms with Crippen molar-refractivity contribution in [3.63, 3.8) is 0 Å².